The SMILES string of the molecule is C=C(C)[C@@H]1C[C@@H](C(=O)O)C2CC[C@]3(C)[C@H](CC[C@@H]4[C@@]5(C)CC[C@H](OC(=O)C[C@@H](C)C(=O)O)C(C)(C)[C@@H]5CC[C@]43C)[C@H]21. The van der Waals surface area contributed by atoms with Gasteiger partial charge in [0.25, 0.3) is 0 Å². The average molecular weight is 571 g/mol. The number of carbonyl (C=O) groups is 3. The van der Waals surface area contributed by atoms with E-state index in [9.17, 15) is 24.6 Å². The molecule has 230 valence electrons. The number of fused-ring (bicyclic) bond motifs is 7. The molecule has 0 bridgehead atoms. The molecule has 0 aliphatic heterocycles. The molecule has 5 rings (SSSR count). The minimum absolute atomic E-state index is 0.0830. The first-order chi connectivity index (χ1) is 19.0. The van der Waals surface area contributed by atoms with Gasteiger partial charge in [0.2, 0.25) is 0 Å². The number of esters is 1. The maximum Gasteiger partial charge on any atom is 0.306 e. The first kappa shape index (κ1) is 30.6. The molecule has 12 atom stereocenters. The van der Waals surface area contributed by atoms with Crippen LogP contribution in [0.25, 0.3) is 0 Å². The van der Waals surface area contributed by atoms with Crippen molar-refractivity contribution in [2.24, 2.45) is 69.0 Å². The van der Waals surface area contributed by atoms with Crippen LogP contribution in [0.15, 0.2) is 12.2 Å². The number of carboxylic acids is 2. The number of hydrogen-bond donors (Lipinski definition) is 2. The summed E-state index contributed by atoms with van der Waals surface area (Å²) in [6, 6.07) is 0. The highest BCUT2D eigenvalue weighted by Gasteiger charge is 2.70. The Morgan fingerprint density at radius 1 is 0.878 bits per heavy atom. The lowest BCUT2D eigenvalue weighted by Gasteiger charge is -2.72. The van der Waals surface area contributed by atoms with Gasteiger partial charge in [-0.3, -0.25) is 14.4 Å². The molecule has 0 aromatic heterocycles. The minimum Gasteiger partial charge on any atom is -0.481 e. The van der Waals surface area contributed by atoms with Crippen molar-refractivity contribution < 1.29 is 29.3 Å². The third-order valence-electron chi connectivity index (χ3n) is 14.4. The number of allylic oxidation sites excluding steroid dienone is 1. The van der Waals surface area contributed by atoms with Gasteiger partial charge >= 0.3 is 17.9 Å². The van der Waals surface area contributed by atoms with Gasteiger partial charge in [-0.25, -0.2) is 0 Å². The number of aliphatic carboxylic acids is 2. The Morgan fingerprint density at radius 3 is 2.15 bits per heavy atom. The number of carbonyl (C=O) groups excluding carboxylic acids is 1. The van der Waals surface area contributed by atoms with Crippen molar-refractivity contribution in [2.45, 2.75) is 119 Å². The Balaban J connectivity index is 1.40. The van der Waals surface area contributed by atoms with E-state index in [1.807, 2.05) is 0 Å². The van der Waals surface area contributed by atoms with Crippen LogP contribution >= 0.6 is 0 Å². The fourth-order valence-electron chi connectivity index (χ4n) is 12.2. The number of rotatable bonds is 6. The summed E-state index contributed by atoms with van der Waals surface area (Å²) in [6.07, 6.45) is 9.07. The molecule has 1 unspecified atom stereocenters. The second-order valence-corrected chi connectivity index (χ2v) is 16.4. The quantitative estimate of drug-likeness (QED) is 0.252. The van der Waals surface area contributed by atoms with Crippen molar-refractivity contribution in [1.82, 2.24) is 0 Å². The van der Waals surface area contributed by atoms with Gasteiger partial charge < -0.3 is 14.9 Å². The number of carboxylic acid groups (broad SMARTS) is 2. The molecule has 5 aliphatic rings. The van der Waals surface area contributed by atoms with Gasteiger partial charge in [0.1, 0.15) is 6.10 Å². The van der Waals surface area contributed by atoms with Crippen molar-refractivity contribution in [2.75, 3.05) is 0 Å². The van der Waals surface area contributed by atoms with Crippen LogP contribution in [0.5, 0.6) is 0 Å². The Kier molecular flexibility index (Phi) is 7.55. The van der Waals surface area contributed by atoms with Crippen LogP contribution in [-0.2, 0) is 19.1 Å². The molecule has 41 heavy (non-hydrogen) atoms. The van der Waals surface area contributed by atoms with Gasteiger partial charge in [-0.2, -0.15) is 0 Å². The maximum absolute atomic E-state index is 12.7. The highest BCUT2D eigenvalue weighted by molar-refractivity contribution is 5.78. The van der Waals surface area contributed by atoms with Crippen LogP contribution < -0.4 is 0 Å². The third kappa shape index (κ3) is 4.42. The zero-order valence-corrected chi connectivity index (χ0v) is 26.5. The summed E-state index contributed by atoms with van der Waals surface area (Å²) in [5.41, 5.74) is 1.49. The molecular weight excluding hydrogens is 516 g/mol. The number of hydrogen-bond acceptors (Lipinski definition) is 4. The minimum atomic E-state index is -0.965. The topological polar surface area (TPSA) is 101 Å². The van der Waals surface area contributed by atoms with Gasteiger partial charge in [-0.15, -0.1) is 0 Å². The lowest BCUT2D eigenvalue weighted by atomic mass is 9.33. The predicted molar refractivity (Wildman–Crippen MR) is 158 cm³/mol. The fraction of sp³-hybridized carbons (Fsp3) is 0.857. The van der Waals surface area contributed by atoms with Crippen LogP contribution in [0.2, 0.25) is 0 Å². The Bertz CT molecular complexity index is 1110. The summed E-state index contributed by atoms with van der Waals surface area (Å²) < 4.78 is 6.04. The normalized spacial score (nSPS) is 47.1. The molecule has 0 radical (unpaired) electrons. The molecule has 0 spiro atoms. The summed E-state index contributed by atoms with van der Waals surface area (Å²) in [5, 5.41) is 19.4. The molecular formula is C35H54O6. The van der Waals surface area contributed by atoms with Crippen molar-refractivity contribution in [3.05, 3.63) is 12.2 Å². The Hall–Kier alpha value is -1.85. The molecule has 6 heteroatoms. The predicted octanol–water partition coefficient (Wildman–Crippen LogP) is 7.61. The van der Waals surface area contributed by atoms with Crippen LogP contribution in [0.4, 0.5) is 0 Å². The number of ether oxygens (including phenoxy) is 1. The summed E-state index contributed by atoms with van der Waals surface area (Å²) in [5.74, 6) is -0.393. The summed E-state index contributed by atoms with van der Waals surface area (Å²) in [7, 11) is 0. The molecule has 0 aromatic rings. The van der Waals surface area contributed by atoms with Crippen molar-refractivity contribution in [1.29, 1.82) is 0 Å². The zero-order chi connectivity index (χ0) is 30.3. The molecule has 2 N–H and O–H groups in total. The molecule has 5 aliphatic carbocycles. The lowest BCUT2D eigenvalue weighted by molar-refractivity contribution is -0.245. The Morgan fingerprint density at radius 2 is 1.54 bits per heavy atom. The molecule has 5 fully saturated rings. The summed E-state index contributed by atoms with van der Waals surface area (Å²) in [6.45, 7) is 20.3. The van der Waals surface area contributed by atoms with Crippen LogP contribution in [0, 0.1) is 69.0 Å². The lowest BCUT2D eigenvalue weighted by Crippen LogP contribution is -2.66. The summed E-state index contributed by atoms with van der Waals surface area (Å²) in [4.78, 5) is 36.3. The molecule has 0 aromatic carbocycles. The van der Waals surface area contributed by atoms with Crippen molar-refractivity contribution in [3.8, 4) is 0 Å². The van der Waals surface area contributed by atoms with E-state index in [1.165, 1.54) is 18.4 Å². The van der Waals surface area contributed by atoms with E-state index in [4.69, 9.17) is 4.74 Å². The van der Waals surface area contributed by atoms with Gasteiger partial charge in [0.05, 0.1) is 18.3 Å². The van der Waals surface area contributed by atoms with E-state index >= 15 is 0 Å². The van der Waals surface area contributed by atoms with E-state index in [-0.39, 0.29) is 46.0 Å². The molecule has 0 saturated heterocycles. The molecule has 0 amide bonds. The van der Waals surface area contributed by atoms with E-state index in [2.05, 4.69) is 48.1 Å². The first-order valence-corrected chi connectivity index (χ1v) is 16.3. The second kappa shape index (κ2) is 10.1. The maximum atomic E-state index is 12.7. The highest BCUT2D eigenvalue weighted by atomic mass is 16.5. The van der Waals surface area contributed by atoms with Gasteiger partial charge in [-0.1, -0.05) is 53.7 Å². The zero-order valence-electron chi connectivity index (χ0n) is 26.5. The Labute approximate surface area is 247 Å². The fourth-order valence-corrected chi connectivity index (χ4v) is 12.2. The van der Waals surface area contributed by atoms with Crippen LogP contribution in [0.3, 0.4) is 0 Å². The largest absolute Gasteiger partial charge is 0.481 e. The third-order valence-corrected chi connectivity index (χ3v) is 14.4. The van der Waals surface area contributed by atoms with Crippen molar-refractivity contribution >= 4 is 17.9 Å². The molecule has 5 saturated carbocycles. The highest BCUT2D eigenvalue weighted by Crippen LogP contribution is 2.76. The monoisotopic (exact) mass is 570 g/mol. The van der Waals surface area contributed by atoms with Crippen LogP contribution in [0.1, 0.15) is 113 Å². The van der Waals surface area contributed by atoms with Gasteiger partial charge in [-0.05, 0) is 116 Å². The standard InChI is InChI=1S/C35H54O6/c1-19(2)22-18-23(31(39)40)21-11-15-34(7)24(29(21)22)9-10-26-33(6)14-13-27(41-28(36)17-20(3)30(37)38)32(4,5)25(33)12-16-35(26,34)8/h20-27,29H,1,9-18H2,2-8H3,(H,37,38)(H,39,40)/t20-,21?,22+,23-,24-,25+,26-,27+,29-,33+,34-,35-/m1/s1. The molecule has 0 heterocycles. The van der Waals surface area contributed by atoms with E-state index in [1.54, 1.807) is 6.92 Å². The van der Waals surface area contributed by atoms with Gasteiger partial charge in [0, 0.05) is 5.41 Å². The van der Waals surface area contributed by atoms with Crippen LogP contribution in [-0.4, -0.2) is 34.2 Å². The smallest absolute Gasteiger partial charge is 0.306 e. The first-order valence-electron chi connectivity index (χ1n) is 16.3. The van der Waals surface area contributed by atoms with Crippen molar-refractivity contribution in [3.63, 3.8) is 0 Å². The molecule has 6 nitrogen and oxygen atoms in total. The average Bonchev–Trinajstić information content (AvgIpc) is 3.26. The summed E-state index contributed by atoms with van der Waals surface area (Å²) >= 11 is 0. The van der Waals surface area contributed by atoms with Gasteiger partial charge in [0.15, 0.2) is 0 Å². The van der Waals surface area contributed by atoms with E-state index < -0.39 is 23.8 Å². The second-order valence-electron chi connectivity index (χ2n) is 16.4. The van der Waals surface area contributed by atoms with E-state index in [0.717, 1.165) is 44.9 Å². The van der Waals surface area contributed by atoms with E-state index in [0.29, 0.717) is 29.6 Å².